The number of rotatable bonds is 4. The first-order chi connectivity index (χ1) is 10.3. The molecule has 0 saturated heterocycles. The number of aryl methyl sites for hydroxylation is 1. The highest BCUT2D eigenvalue weighted by molar-refractivity contribution is 5.51. The van der Waals surface area contributed by atoms with Gasteiger partial charge < -0.3 is 10.1 Å². The first-order valence-electron chi connectivity index (χ1n) is 7.77. The van der Waals surface area contributed by atoms with Crippen LogP contribution in [0.3, 0.4) is 0 Å². The van der Waals surface area contributed by atoms with Crippen molar-refractivity contribution in [3.8, 4) is 5.75 Å². The molecule has 4 heteroatoms. The minimum Gasteiger partial charge on any atom is -0.496 e. The van der Waals surface area contributed by atoms with Crippen LogP contribution in [0.1, 0.15) is 36.6 Å². The van der Waals surface area contributed by atoms with Crippen LogP contribution in [0.5, 0.6) is 5.75 Å². The van der Waals surface area contributed by atoms with Gasteiger partial charge >= 0.3 is 0 Å². The van der Waals surface area contributed by atoms with Gasteiger partial charge in [-0.2, -0.15) is 5.10 Å². The Hall–Kier alpha value is -1.97. The van der Waals surface area contributed by atoms with Gasteiger partial charge in [-0.25, -0.2) is 4.68 Å². The second-order valence-electron chi connectivity index (χ2n) is 5.46. The number of aromatic nitrogens is 2. The third-order valence-electron chi connectivity index (χ3n) is 4.13. The minimum atomic E-state index is 0.834. The molecule has 0 aliphatic carbocycles. The molecule has 1 aliphatic heterocycles. The summed E-state index contributed by atoms with van der Waals surface area (Å²) < 4.78 is 7.57. The summed E-state index contributed by atoms with van der Waals surface area (Å²) in [5.74, 6) is 2.17. The summed E-state index contributed by atoms with van der Waals surface area (Å²) in [4.78, 5) is 0. The second-order valence-corrected chi connectivity index (χ2v) is 5.46. The molecule has 1 aromatic heterocycles. The van der Waals surface area contributed by atoms with Crippen molar-refractivity contribution in [2.75, 3.05) is 19.0 Å². The zero-order valence-electron chi connectivity index (χ0n) is 12.9. The minimum absolute atomic E-state index is 0.834. The first-order valence-corrected chi connectivity index (χ1v) is 7.77. The van der Waals surface area contributed by atoms with Crippen LogP contribution >= 0.6 is 0 Å². The Labute approximate surface area is 126 Å². The number of ether oxygens (including phenoxy) is 1. The molecule has 1 aromatic carbocycles. The van der Waals surface area contributed by atoms with Crippen molar-refractivity contribution in [3.05, 3.63) is 41.1 Å². The van der Waals surface area contributed by atoms with Crippen molar-refractivity contribution < 1.29 is 4.74 Å². The molecule has 112 valence electrons. The largest absolute Gasteiger partial charge is 0.496 e. The molecule has 2 aromatic rings. The lowest BCUT2D eigenvalue weighted by atomic mass is 10.0. The predicted molar refractivity (Wildman–Crippen MR) is 85.1 cm³/mol. The predicted octanol–water partition coefficient (Wildman–Crippen LogP) is 3.25. The topological polar surface area (TPSA) is 39.1 Å². The summed E-state index contributed by atoms with van der Waals surface area (Å²) in [5.41, 5.74) is 3.78. The summed E-state index contributed by atoms with van der Waals surface area (Å²) in [6, 6.07) is 8.21. The van der Waals surface area contributed by atoms with Crippen molar-refractivity contribution in [2.45, 2.75) is 39.2 Å². The van der Waals surface area contributed by atoms with Crippen LogP contribution in [0.2, 0.25) is 0 Å². The van der Waals surface area contributed by atoms with Gasteiger partial charge in [0.1, 0.15) is 11.6 Å². The molecule has 1 aliphatic rings. The van der Waals surface area contributed by atoms with Crippen LogP contribution in [-0.2, 0) is 19.4 Å². The van der Waals surface area contributed by atoms with Crippen LogP contribution in [0, 0.1) is 0 Å². The third-order valence-corrected chi connectivity index (χ3v) is 4.13. The zero-order valence-corrected chi connectivity index (χ0v) is 12.9. The fourth-order valence-electron chi connectivity index (χ4n) is 3.04. The average Bonchev–Trinajstić information content (AvgIpc) is 2.70. The summed E-state index contributed by atoms with van der Waals surface area (Å²) in [6.45, 7) is 4.10. The fourth-order valence-corrected chi connectivity index (χ4v) is 3.04. The Morgan fingerprint density at radius 3 is 2.95 bits per heavy atom. The smallest absolute Gasteiger partial charge is 0.127 e. The number of methoxy groups -OCH3 is 1. The van der Waals surface area contributed by atoms with Crippen molar-refractivity contribution in [3.63, 3.8) is 0 Å². The van der Waals surface area contributed by atoms with Crippen molar-refractivity contribution in [2.24, 2.45) is 0 Å². The van der Waals surface area contributed by atoms with Gasteiger partial charge in [-0.1, -0.05) is 18.2 Å². The molecule has 1 N–H and O–H groups in total. The van der Waals surface area contributed by atoms with Crippen molar-refractivity contribution in [1.29, 1.82) is 0 Å². The van der Waals surface area contributed by atoms with Gasteiger partial charge in [-0.3, -0.25) is 0 Å². The highest BCUT2D eigenvalue weighted by atomic mass is 16.5. The van der Waals surface area contributed by atoms with Gasteiger partial charge in [0, 0.05) is 30.6 Å². The number of hydrogen-bond acceptors (Lipinski definition) is 3. The van der Waals surface area contributed by atoms with Crippen LogP contribution in [-0.4, -0.2) is 23.4 Å². The monoisotopic (exact) mass is 285 g/mol. The van der Waals surface area contributed by atoms with Gasteiger partial charge in [0.05, 0.1) is 12.8 Å². The van der Waals surface area contributed by atoms with E-state index in [0.717, 1.165) is 31.7 Å². The number of hydrogen-bond donors (Lipinski definition) is 1. The molecule has 0 bridgehead atoms. The molecular formula is C17H23N3O. The van der Waals surface area contributed by atoms with Gasteiger partial charge in [-0.05, 0) is 32.3 Å². The second kappa shape index (κ2) is 6.20. The number of para-hydroxylation sites is 1. The molecule has 0 atom stereocenters. The molecule has 0 amide bonds. The molecule has 0 fully saturated rings. The lowest BCUT2D eigenvalue weighted by Crippen LogP contribution is -2.07. The van der Waals surface area contributed by atoms with Crippen LogP contribution in [0.25, 0.3) is 0 Å². The lowest BCUT2D eigenvalue weighted by molar-refractivity contribution is 0.410. The maximum absolute atomic E-state index is 5.47. The highest BCUT2D eigenvalue weighted by Gasteiger charge is 2.19. The van der Waals surface area contributed by atoms with E-state index in [1.165, 1.54) is 35.5 Å². The molecule has 0 spiro atoms. The number of anilines is 1. The number of fused-ring (bicyclic) bond motifs is 1. The average molecular weight is 285 g/mol. The number of nitrogens with one attached hydrogen (secondary N) is 1. The van der Waals surface area contributed by atoms with Crippen molar-refractivity contribution in [1.82, 2.24) is 9.78 Å². The van der Waals surface area contributed by atoms with E-state index in [4.69, 9.17) is 9.84 Å². The van der Waals surface area contributed by atoms with E-state index in [0.29, 0.717) is 0 Å². The molecule has 0 radical (unpaired) electrons. The van der Waals surface area contributed by atoms with Crippen LogP contribution < -0.4 is 10.1 Å². The van der Waals surface area contributed by atoms with Gasteiger partial charge in [0.15, 0.2) is 0 Å². The van der Waals surface area contributed by atoms with Gasteiger partial charge in [0.25, 0.3) is 0 Å². The Bertz CT molecular complexity index is 618. The summed E-state index contributed by atoms with van der Waals surface area (Å²) in [5, 5.41) is 8.37. The Morgan fingerprint density at radius 1 is 1.29 bits per heavy atom. The molecule has 0 unspecified atom stereocenters. The third kappa shape index (κ3) is 2.75. The van der Waals surface area contributed by atoms with E-state index in [1.54, 1.807) is 7.11 Å². The molecule has 4 nitrogen and oxygen atoms in total. The molecule has 0 saturated carbocycles. The van der Waals surface area contributed by atoms with E-state index in [9.17, 15) is 0 Å². The summed E-state index contributed by atoms with van der Waals surface area (Å²) in [7, 11) is 1.73. The summed E-state index contributed by atoms with van der Waals surface area (Å²) >= 11 is 0. The molecule has 3 rings (SSSR count). The molecular weight excluding hydrogens is 262 g/mol. The lowest BCUT2D eigenvalue weighted by Gasteiger charge is -2.08. The van der Waals surface area contributed by atoms with E-state index >= 15 is 0 Å². The van der Waals surface area contributed by atoms with Crippen LogP contribution in [0.15, 0.2) is 24.3 Å². The van der Waals surface area contributed by atoms with E-state index < -0.39 is 0 Å². The maximum Gasteiger partial charge on any atom is 0.127 e. The zero-order chi connectivity index (χ0) is 14.7. The maximum atomic E-state index is 5.47. The summed E-state index contributed by atoms with van der Waals surface area (Å²) in [6.07, 6.45) is 4.41. The SMILES string of the molecule is CCn1nc(Cc2ccccc2OC)c2c1NCCCC2. The molecule has 21 heavy (non-hydrogen) atoms. The van der Waals surface area contributed by atoms with E-state index in [1.807, 2.05) is 12.1 Å². The number of nitrogens with zero attached hydrogens (tertiary/aromatic N) is 2. The van der Waals surface area contributed by atoms with Gasteiger partial charge in [0.2, 0.25) is 0 Å². The quantitative estimate of drug-likeness (QED) is 0.937. The van der Waals surface area contributed by atoms with E-state index in [2.05, 4.69) is 29.1 Å². The first kappa shape index (κ1) is 14.0. The standard InChI is InChI=1S/C17H23N3O/c1-3-20-17-14(9-6-7-11-18-17)15(19-20)12-13-8-4-5-10-16(13)21-2/h4-5,8,10,18H,3,6-7,9,11-12H2,1-2H3. The normalized spacial score (nSPS) is 14.2. The Morgan fingerprint density at radius 2 is 2.14 bits per heavy atom. The fraction of sp³-hybridized carbons (Fsp3) is 0.471. The molecule has 2 heterocycles. The Balaban J connectivity index is 1.97. The van der Waals surface area contributed by atoms with E-state index in [-0.39, 0.29) is 0 Å². The van der Waals surface area contributed by atoms with Gasteiger partial charge in [-0.15, -0.1) is 0 Å². The highest BCUT2D eigenvalue weighted by Crippen LogP contribution is 2.29. The number of benzene rings is 1. The Kier molecular flexibility index (Phi) is 4.13. The van der Waals surface area contributed by atoms with Crippen LogP contribution in [0.4, 0.5) is 5.82 Å². The van der Waals surface area contributed by atoms with Crippen molar-refractivity contribution >= 4 is 5.82 Å².